The van der Waals surface area contributed by atoms with E-state index in [0.29, 0.717) is 41.0 Å². The summed E-state index contributed by atoms with van der Waals surface area (Å²) in [5.41, 5.74) is 1.98. The van der Waals surface area contributed by atoms with Crippen molar-refractivity contribution in [2.45, 2.75) is 38.8 Å². The third-order valence-electron chi connectivity index (χ3n) is 6.11. The van der Waals surface area contributed by atoms with Crippen LogP contribution >= 0.6 is 0 Å². The summed E-state index contributed by atoms with van der Waals surface area (Å²) in [7, 11) is 3.15. The lowest BCUT2D eigenvalue weighted by Crippen LogP contribution is -3.14. The topological polar surface area (TPSA) is 69.4 Å². The van der Waals surface area contributed by atoms with Gasteiger partial charge in [-0.3, -0.25) is 4.79 Å². The zero-order valence-corrected chi connectivity index (χ0v) is 17.7. The molecule has 0 aromatic heterocycles. The van der Waals surface area contributed by atoms with Gasteiger partial charge in [-0.25, -0.2) is 0 Å². The maximum Gasteiger partial charge on any atom is 0.231 e. The molecular weight excluding hydrogens is 382 g/mol. The van der Waals surface area contributed by atoms with E-state index < -0.39 is 0 Å². The molecule has 6 nitrogen and oxygen atoms in total. The van der Waals surface area contributed by atoms with Crippen LogP contribution in [0.3, 0.4) is 0 Å². The minimum atomic E-state index is -0.178. The first-order valence-electron chi connectivity index (χ1n) is 10.4. The summed E-state index contributed by atoms with van der Waals surface area (Å²) in [6, 6.07) is 9.18. The third-order valence-corrected chi connectivity index (χ3v) is 6.11. The number of piperidine rings is 1. The number of hydrogen-bond donors (Lipinski definition) is 2. The molecule has 0 saturated carbocycles. The highest BCUT2D eigenvalue weighted by Gasteiger charge is 2.33. The number of allylic oxidation sites excluding steroid dienone is 1. The number of methoxy groups -OCH3 is 2. The van der Waals surface area contributed by atoms with E-state index in [1.165, 1.54) is 24.2 Å². The number of phenols is 1. The molecule has 0 radical (unpaired) electrons. The summed E-state index contributed by atoms with van der Waals surface area (Å²) >= 11 is 0. The lowest BCUT2D eigenvalue weighted by Gasteiger charge is -2.30. The first kappa shape index (κ1) is 20.3. The number of aromatic hydroxyl groups is 1. The number of Topliss-reactive ketones (excluding diaryl/α,β-unsaturated/α-hetero) is 1. The van der Waals surface area contributed by atoms with Crippen LogP contribution in [0.4, 0.5) is 0 Å². The fourth-order valence-electron chi connectivity index (χ4n) is 4.30. The van der Waals surface area contributed by atoms with E-state index in [1.807, 2.05) is 6.07 Å². The number of quaternary nitrogens is 1. The van der Waals surface area contributed by atoms with Gasteiger partial charge < -0.3 is 24.2 Å². The minimum absolute atomic E-state index is 0.178. The molecule has 6 heteroatoms. The van der Waals surface area contributed by atoms with Crippen LogP contribution in [0, 0.1) is 0 Å². The van der Waals surface area contributed by atoms with Gasteiger partial charge in [0.1, 0.15) is 12.3 Å². The Bertz CT molecular complexity index is 997. The van der Waals surface area contributed by atoms with Gasteiger partial charge >= 0.3 is 0 Å². The average molecular weight is 410 g/mol. The molecule has 0 bridgehead atoms. The molecule has 2 aromatic rings. The lowest BCUT2D eigenvalue weighted by atomic mass is 10.0. The second kappa shape index (κ2) is 8.40. The molecule has 0 aliphatic carbocycles. The molecule has 0 spiro atoms. The number of hydrogen-bond acceptors (Lipinski definition) is 5. The highest BCUT2D eigenvalue weighted by atomic mass is 16.5. The van der Waals surface area contributed by atoms with Crippen molar-refractivity contribution in [2.75, 3.05) is 20.8 Å². The van der Waals surface area contributed by atoms with Gasteiger partial charge in [-0.2, -0.15) is 0 Å². The molecule has 2 N–H and O–H groups in total. The number of likely N-dealkylation sites (tertiary alicyclic amines) is 1. The molecule has 2 aromatic carbocycles. The molecule has 30 heavy (non-hydrogen) atoms. The normalized spacial score (nSPS) is 22.0. The Kier molecular flexibility index (Phi) is 5.68. The van der Waals surface area contributed by atoms with Gasteiger partial charge in [0.05, 0.1) is 37.9 Å². The summed E-state index contributed by atoms with van der Waals surface area (Å²) in [5, 5.41) is 10.5. The van der Waals surface area contributed by atoms with E-state index in [4.69, 9.17) is 14.2 Å². The predicted molar refractivity (Wildman–Crippen MR) is 113 cm³/mol. The molecule has 2 atom stereocenters. The standard InChI is InChI=1S/C24H27NO5/c1-15-6-4-5-11-25(15)14-18-19(26)9-8-17-23(27)22(30-24(17)18)13-16-7-10-20(28-2)21(12-16)29-3/h7-10,12-13,15,26H,4-6,11,14H2,1-3H3/p+1/t15-/m0/s1. The van der Waals surface area contributed by atoms with Crippen LogP contribution in [0.1, 0.15) is 47.7 Å². The van der Waals surface area contributed by atoms with Gasteiger partial charge in [-0.15, -0.1) is 0 Å². The molecule has 4 rings (SSSR count). The number of nitrogens with one attached hydrogen (secondary N) is 1. The summed E-state index contributed by atoms with van der Waals surface area (Å²) < 4.78 is 16.6. The molecule has 2 heterocycles. The van der Waals surface area contributed by atoms with Crippen LogP contribution in [0.15, 0.2) is 36.1 Å². The van der Waals surface area contributed by atoms with Crippen molar-refractivity contribution in [3.63, 3.8) is 0 Å². The summed E-state index contributed by atoms with van der Waals surface area (Å²) in [5.74, 6) is 1.92. The first-order chi connectivity index (χ1) is 14.5. The first-order valence-corrected chi connectivity index (χ1v) is 10.4. The monoisotopic (exact) mass is 410 g/mol. The third kappa shape index (κ3) is 3.75. The van der Waals surface area contributed by atoms with Crippen LogP contribution < -0.4 is 19.1 Å². The second-order valence-corrected chi connectivity index (χ2v) is 7.98. The smallest absolute Gasteiger partial charge is 0.231 e. The van der Waals surface area contributed by atoms with Crippen molar-refractivity contribution >= 4 is 11.9 Å². The Balaban J connectivity index is 1.65. The lowest BCUT2D eigenvalue weighted by molar-refractivity contribution is -0.941. The fourth-order valence-corrected chi connectivity index (χ4v) is 4.30. The number of fused-ring (bicyclic) bond motifs is 1. The second-order valence-electron chi connectivity index (χ2n) is 7.98. The molecule has 2 aliphatic rings. The number of rotatable bonds is 5. The number of carbonyl (C=O) groups is 1. The van der Waals surface area contributed by atoms with Crippen LogP contribution in [-0.2, 0) is 6.54 Å². The van der Waals surface area contributed by atoms with Crippen molar-refractivity contribution in [1.82, 2.24) is 0 Å². The molecule has 0 amide bonds. The Hall–Kier alpha value is -2.99. The molecule has 158 valence electrons. The largest absolute Gasteiger partial charge is 0.507 e. The maximum absolute atomic E-state index is 13.0. The van der Waals surface area contributed by atoms with Crippen molar-refractivity contribution in [2.24, 2.45) is 0 Å². The van der Waals surface area contributed by atoms with Gasteiger partial charge in [0.2, 0.25) is 5.78 Å². The highest BCUT2D eigenvalue weighted by molar-refractivity contribution is 6.15. The average Bonchev–Trinajstić information content (AvgIpc) is 3.07. The van der Waals surface area contributed by atoms with Crippen molar-refractivity contribution < 1.29 is 29.0 Å². The maximum atomic E-state index is 13.0. The SMILES string of the molecule is COc1ccc(C=C2Oc3c(ccc(O)c3C[NH+]3CCCC[C@@H]3C)C2=O)cc1OC. The Morgan fingerprint density at radius 2 is 1.97 bits per heavy atom. The van der Waals surface area contributed by atoms with Gasteiger partial charge in [0, 0.05) is 0 Å². The summed E-state index contributed by atoms with van der Waals surface area (Å²) in [4.78, 5) is 14.4. The summed E-state index contributed by atoms with van der Waals surface area (Å²) in [6.07, 6.45) is 5.30. The van der Waals surface area contributed by atoms with E-state index >= 15 is 0 Å². The zero-order chi connectivity index (χ0) is 21.3. The Labute approximate surface area is 176 Å². The van der Waals surface area contributed by atoms with Crippen molar-refractivity contribution in [3.05, 3.63) is 52.8 Å². The molecule has 1 saturated heterocycles. The Morgan fingerprint density at radius 3 is 2.70 bits per heavy atom. The number of ether oxygens (including phenoxy) is 3. The molecule has 2 aliphatic heterocycles. The van der Waals surface area contributed by atoms with Crippen LogP contribution in [0.2, 0.25) is 0 Å². The number of benzene rings is 2. The quantitative estimate of drug-likeness (QED) is 0.742. The van der Waals surface area contributed by atoms with E-state index in [2.05, 4.69) is 6.92 Å². The van der Waals surface area contributed by atoms with Gasteiger partial charge in [0.15, 0.2) is 23.0 Å². The van der Waals surface area contributed by atoms with Gasteiger partial charge in [-0.1, -0.05) is 6.07 Å². The van der Waals surface area contributed by atoms with Gasteiger partial charge in [0.25, 0.3) is 0 Å². The van der Waals surface area contributed by atoms with Gasteiger partial charge in [-0.05, 0) is 62.1 Å². The van der Waals surface area contributed by atoms with E-state index in [9.17, 15) is 9.90 Å². The van der Waals surface area contributed by atoms with Crippen LogP contribution in [-0.4, -0.2) is 37.7 Å². The summed E-state index contributed by atoms with van der Waals surface area (Å²) in [6.45, 7) is 3.95. The zero-order valence-electron chi connectivity index (χ0n) is 17.7. The van der Waals surface area contributed by atoms with Crippen molar-refractivity contribution in [1.29, 1.82) is 0 Å². The number of carbonyl (C=O) groups excluding carboxylic acids is 1. The van der Waals surface area contributed by atoms with Crippen LogP contribution in [0.5, 0.6) is 23.0 Å². The molecule has 1 unspecified atom stereocenters. The molecule has 1 fully saturated rings. The van der Waals surface area contributed by atoms with E-state index in [1.54, 1.807) is 44.6 Å². The predicted octanol–water partition coefficient (Wildman–Crippen LogP) is 2.98. The van der Waals surface area contributed by atoms with Crippen molar-refractivity contribution in [3.8, 4) is 23.0 Å². The van der Waals surface area contributed by atoms with E-state index in [0.717, 1.165) is 12.1 Å². The van der Waals surface area contributed by atoms with E-state index in [-0.39, 0.29) is 17.3 Å². The molecular formula is C24H28NO5+. The number of phenolic OH excluding ortho intramolecular Hbond substituents is 1. The van der Waals surface area contributed by atoms with Crippen LogP contribution in [0.25, 0.3) is 6.08 Å². The Morgan fingerprint density at radius 1 is 1.17 bits per heavy atom. The number of ketones is 1. The highest BCUT2D eigenvalue weighted by Crippen LogP contribution is 2.39. The minimum Gasteiger partial charge on any atom is -0.507 e. The fraction of sp³-hybridized carbons (Fsp3) is 0.375.